The Morgan fingerprint density at radius 2 is 1.55 bits per heavy atom. The fourth-order valence-electron chi connectivity index (χ4n) is 1.45. The summed E-state index contributed by atoms with van der Waals surface area (Å²) in [5.74, 6) is -0.390. The lowest BCUT2D eigenvalue weighted by Gasteiger charge is -2.08. The van der Waals surface area contributed by atoms with Gasteiger partial charge in [0.25, 0.3) is 0 Å². The van der Waals surface area contributed by atoms with E-state index in [1.54, 1.807) is 0 Å². The van der Waals surface area contributed by atoms with Gasteiger partial charge in [-0.25, -0.2) is 14.6 Å². The van der Waals surface area contributed by atoms with Crippen LogP contribution in [0.2, 0.25) is 0 Å². The molecule has 0 fully saturated rings. The summed E-state index contributed by atoms with van der Waals surface area (Å²) in [4.78, 5) is 37.7. The third kappa shape index (κ3) is 12.7. The van der Waals surface area contributed by atoms with E-state index in [0.29, 0.717) is 13.2 Å². The van der Waals surface area contributed by atoms with Crippen molar-refractivity contribution in [3.05, 3.63) is 24.5 Å². The zero-order valence-corrected chi connectivity index (χ0v) is 13.6. The lowest BCUT2D eigenvalue weighted by atomic mass is 10.1. The van der Waals surface area contributed by atoms with E-state index in [1.807, 2.05) is 0 Å². The van der Waals surface area contributed by atoms with Gasteiger partial charge in [-0.15, -0.1) is 0 Å². The molecule has 0 atom stereocenters. The van der Waals surface area contributed by atoms with Crippen LogP contribution in [0.1, 0.15) is 38.5 Å². The summed E-state index contributed by atoms with van der Waals surface area (Å²) in [6.45, 7) is 7.01. The summed E-state index contributed by atoms with van der Waals surface area (Å²) in [6.07, 6.45) is 6.82. The average Bonchev–Trinajstić information content (AvgIpc) is 2.46. The van der Waals surface area contributed by atoms with Crippen LogP contribution >= 0.6 is 7.60 Å². The highest BCUT2D eigenvalue weighted by molar-refractivity contribution is 7.56. The molecule has 22 heavy (non-hydrogen) atoms. The molecule has 0 aromatic carbocycles. The first-order valence-electron chi connectivity index (χ1n) is 7.15. The predicted molar refractivity (Wildman–Crippen MR) is 81.9 cm³/mol. The lowest BCUT2D eigenvalue weighted by Crippen LogP contribution is -2.02. The van der Waals surface area contributed by atoms with Crippen LogP contribution in [0.4, 0.5) is 0 Å². The van der Waals surface area contributed by atoms with Gasteiger partial charge in [0.15, 0.2) is 0 Å². The molecule has 0 amide bonds. The Bertz CT molecular complexity index is 389. The van der Waals surface area contributed by atoms with Gasteiger partial charge in [-0.1, -0.05) is 38.8 Å². The van der Waals surface area contributed by atoms with Crippen molar-refractivity contribution in [2.24, 2.45) is 0 Å². The zero-order chi connectivity index (χ0) is 16.8. The van der Waals surface area contributed by atoms with E-state index in [0.717, 1.165) is 44.6 Å². The highest BCUT2D eigenvalue weighted by Gasteiger charge is 2.18. The molecule has 0 saturated carbocycles. The summed E-state index contributed by atoms with van der Waals surface area (Å²) in [7, 11) is -4.28. The van der Waals surface area contributed by atoms with Crippen LogP contribution in [0, 0.1) is 0 Å². The number of unbranched alkanes of at least 4 members (excludes halogenated alkanes) is 5. The number of rotatable bonds is 14. The van der Waals surface area contributed by atoms with E-state index in [2.05, 4.69) is 18.0 Å². The van der Waals surface area contributed by atoms with Gasteiger partial charge in [0.1, 0.15) is 6.61 Å². The Labute approximate surface area is 131 Å². The van der Waals surface area contributed by atoms with Crippen LogP contribution in [0.15, 0.2) is 24.5 Å². The van der Waals surface area contributed by atoms with E-state index in [1.165, 1.54) is 0 Å². The molecule has 0 aliphatic rings. The molecule has 0 unspecified atom stereocenters. The molecule has 0 aliphatic carbocycles. The number of hydrogen-bond acceptors (Lipinski definition) is 5. The monoisotopic (exact) mass is 336 g/mol. The van der Waals surface area contributed by atoms with Crippen LogP contribution < -0.4 is 0 Å². The van der Waals surface area contributed by atoms with E-state index < -0.39 is 13.6 Å². The Morgan fingerprint density at radius 1 is 1.00 bits per heavy atom. The highest BCUT2D eigenvalue weighted by atomic mass is 31.2. The maximum Gasteiger partial charge on any atom is 0.354 e. The molecule has 0 aromatic heterocycles. The van der Waals surface area contributed by atoms with Crippen LogP contribution in [0.3, 0.4) is 0 Å². The van der Waals surface area contributed by atoms with Crippen molar-refractivity contribution in [2.75, 3.05) is 19.8 Å². The molecule has 0 aromatic rings. The van der Waals surface area contributed by atoms with Crippen molar-refractivity contribution >= 4 is 13.6 Å². The smallest absolute Gasteiger partial charge is 0.354 e. The fourth-order valence-corrected chi connectivity index (χ4v) is 1.68. The fraction of sp³-hybridized carbons (Fsp3) is 0.643. The summed E-state index contributed by atoms with van der Waals surface area (Å²) >= 11 is 0. The number of carbonyl (C=O) groups excluding carboxylic acids is 1. The van der Waals surface area contributed by atoms with Gasteiger partial charge in [-0.3, -0.25) is 4.57 Å². The lowest BCUT2D eigenvalue weighted by molar-refractivity contribution is -0.287. The SMILES string of the molecule is C=CC(=O)OCCCCCCCCOOCC(=C)P(=O)(O)O. The molecule has 0 aliphatic heterocycles. The average molecular weight is 336 g/mol. The normalized spacial score (nSPS) is 11.2. The van der Waals surface area contributed by atoms with Crippen molar-refractivity contribution in [1.82, 2.24) is 0 Å². The summed E-state index contributed by atoms with van der Waals surface area (Å²) in [5, 5.41) is -0.301. The quantitative estimate of drug-likeness (QED) is 0.126. The molecule has 0 spiro atoms. The van der Waals surface area contributed by atoms with Crippen LogP contribution in [-0.4, -0.2) is 35.6 Å². The van der Waals surface area contributed by atoms with Gasteiger partial charge in [-0.2, -0.15) is 0 Å². The molecule has 0 saturated heterocycles. The largest absolute Gasteiger partial charge is 0.463 e. The Balaban J connectivity index is 3.24. The van der Waals surface area contributed by atoms with Gasteiger partial charge in [0.05, 0.1) is 18.5 Å². The molecule has 2 N–H and O–H groups in total. The number of carbonyl (C=O) groups is 1. The van der Waals surface area contributed by atoms with E-state index >= 15 is 0 Å². The second-order valence-electron chi connectivity index (χ2n) is 4.69. The van der Waals surface area contributed by atoms with Crippen molar-refractivity contribution in [3.63, 3.8) is 0 Å². The highest BCUT2D eigenvalue weighted by Crippen LogP contribution is 2.43. The Kier molecular flexibility index (Phi) is 12.0. The summed E-state index contributed by atoms with van der Waals surface area (Å²) in [5.41, 5.74) is 0. The molecular weight excluding hydrogens is 311 g/mol. The Morgan fingerprint density at radius 3 is 2.09 bits per heavy atom. The first-order valence-corrected chi connectivity index (χ1v) is 8.76. The molecule has 8 heteroatoms. The second kappa shape index (κ2) is 12.6. The third-order valence-electron chi connectivity index (χ3n) is 2.75. The molecule has 0 bridgehead atoms. The zero-order valence-electron chi connectivity index (χ0n) is 12.7. The minimum Gasteiger partial charge on any atom is -0.463 e. The minimum atomic E-state index is -4.28. The first kappa shape index (κ1) is 21.0. The number of esters is 1. The predicted octanol–water partition coefficient (Wildman–Crippen LogP) is 2.70. The van der Waals surface area contributed by atoms with E-state index in [9.17, 15) is 9.36 Å². The molecule has 7 nitrogen and oxygen atoms in total. The maximum absolute atomic E-state index is 10.8. The second-order valence-corrected chi connectivity index (χ2v) is 6.41. The molecule has 0 heterocycles. The van der Waals surface area contributed by atoms with Gasteiger partial charge in [0, 0.05) is 6.08 Å². The van der Waals surface area contributed by atoms with E-state index in [-0.39, 0.29) is 11.9 Å². The standard InChI is InChI=1S/C14H25O7P/c1-3-14(15)19-10-8-6-4-5-7-9-11-20-21-12-13(2)22(16,17)18/h3H,1-2,4-12H2,(H2,16,17,18). The maximum atomic E-state index is 10.8. The van der Waals surface area contributed by atoms with Gasteiger partial charge < -0.3 is 14.5 Å². The topological polar surface area (TPSA) is 102 Å². The number of hydrogen-bond donors (Lipinski definition) is 2. The molecule has 128 valence electrons. The van der Waals surface area contributed by atoms with Gasteiger partial charge in [0.2, 0.25) is 0 Å². The van der Waals surface area contributed by atoms with E-state index in [4.69, 9.17) is 19.4 Å². The molecular formula is C14H25O7P. The van der Waals surface area contributed by atoms with Crippen molar-refractivity contribution < 1.29 is 33.7 Å². The van der Waals surface area contributed by atoms with Gasteiger partial charge >= 0.3 is 13.6 Å². The van der Waals surface area contributed by atoms with Gasteiger partial charge in [-0.05, 0) is 12.8 Å². The van der Waals surface area contributed by atoms with Crippen LogP contribution in [0.5, 0.6) is 0 Å². The third-order valence-corrected chi connectivity index (χ3v) is 3.71. The van der Waals surface area contributed by atoms with Crippen molar-refractivity contribution in [3.8, 4) is 0 Å². The first-order chi connectivity index (χ1) is 10.4. The summed E-state index contributed by atoms with van der Waals surface area (Å²) < 4.78 is 15.6. The minimum absolute atomic E-state index is 0.301. The molecule has 0 rings (SSSR count). The number of ether oxygens (including phenoxy) is 1. The van der Waals surface area contributed by atoms with Crippen LogP contribution in [-0.2, 0) is 23.9 Å². The van der Waals surface area contributed by atoms with Crippen LogP contribution in [0.25, 0.3) is 0 Å². The molecule has 0 radical (unpaired) electrons. The van der Waals surface area contributed by atoms with Crippen molar-refractivity contribution in [2.45, 2.75) is 38.5 Å². The van der Waals surface area contributed by atoms with Crippen molar-refractivity contribution in [1.29, 1.82) is 0 Å². The Hall–Kier alpha value is -0.980. The summed E-state index contributed by atoms with van der Waals surface area (Å²) in [6, 6.07) is 0.